The van der Waals surface area contributed by atoms with Gasteiger partial charge in [0, 0.05) is 11.1 Å². The van der Waals surface area contributed by atoms with E-state index in [4.69, 9.17) is 11.6 Å². The summed E-state index contributed by atoms with van der Waals surface area (Å²) < 4.78 is 0. The van der Waals surface area contributed by atoms with Crippen molar-refractivity contribution in [3.8, 4) is 0 Å². The summed E-state index contributed by atoms with van der Waals surface area (Å²) in [5.41, 5.74) is 5.69. The van der Waals surface area contributed by atoms with Crippen LogP contribution >= 0.6 is 11.6 Å². The molecule has 1 fully saturated rings. The highest BCUT2D eigenvalue weighted by Gasteiger charge is 2.27. The molecule has 2 aromatic rings. The zero-order valence-corrected chi connectivity index (χ0v) is 14.4. The van der Waals surface area contributed by atoms with Gasteiger partial charge in [0.2, 0.25) is 0 Å². The van der Waals surface area contributed by atoms with Crippen LogP contribution in [0.4, 0.5) is 11.4 Å². The lowest BCUT2D eigenvalue weighted by Gasteiger charge is -2.19. The lowest BCUT2D eigenvalue weighted by atomic mass is 9.98. The number of halogens is 1. The van der Waals surface area contributed by atoms with Gasteiger partial charge in [0.05, 0.1) is 24.0 Å². The highest BCUT2D eigenvalue weighted by molar-refractivity contribution is 6.31. The Labute approximate surface area is 148 Å². The van der Waals surface area contributed by atoms with E-state index in [9.17, 15) is 5.11 Å². The predicted octanol–water partition coefficient (Wildman–Crippen LogP) is 4.90. The molecule has 0 radical (unpaired) electrons. The summed E-state index contributed by atoms with van der Waals surface area (Å²) in [7, 11) is 0. The molecule has 3 N–H and O–H groups in total. The highest BCUT2D eigenvalue weighted by atomic mass is 35.5. The van der Waals surface area contributed by atoms with E-state index < -0.39 is 0 Å². The minimum atomic E-state index is 0.0681. The first-order valence-corrected chi connectivity index (χ1v) is 9.16. The fourth-order valence-electron chi connectivity index (χ4n) is 4.05. The van der Waals surface area contributed by atoms with E-state index in [2.05, 4.69) is 22.8 Å². The quantitative estimate of drug-likeness (QED) is 0.740. The molecule has 1 unspecified atom stereocenters. The topological polar surface area (TPSA) is 44.3 Å². The van der Waals surface area contributed by atoms with Crippen LogP contribution in [-0.2, 0) is 13.0 Å². The maximum Gasteiger partial charge on any atom is 0.0685 e. The zero-order valence-electron chi connectivity index (χ0n) is 13.7. The Morgan fingerprint density at radius 1 is 1.17 bits per heavy atom. The van der Waals surface area contributed by atoms with Gasteiger partial charge in [-0.1, -0.05) is 48.7 Å². The molecule has 4 rings (SSSR count). The summed E-state index contributed by atoms with van der Waals surface area (Å²) >= 11 is 6.36. The van der Waals surface area contributed by atoms with Gasteiger partial charge in [-0.25, -0.2) is 0 Å². The lowest BCUT2D eigenvalue weighted by molar-refractivity contribution is 0.280. The fourth-order valence-corrected chi connectivity index (χ4v) is 4.29. The smallest absolute Gasteiger partial charge is 0.0685 e. The molecule has 3 nitrogen and oxygen atoms in total. The highest BCUT2D eigenvalue weighted by Crippen LogP contribution is 2.42. The average molecular weight is 343 g/mol. The van der Waals surface area contributed by atoms with E-state index >= 15 is 0 Å². The van der Waals surface area contributed by atoms with Gasteiger partial charge in [0.1, 0.15) is 0 Å². The van der Waals surface area contributed by atoms with Crippen LogP contribution in [0.25, 0.3) is 0 Å². The number of rotatable bonds is 4. The van der Waals surface area contributed by atoms with Crippen molar-refractivity contribution in [3.63, 3.8) is 0 Å². The molecule has 1 aliphatic carbocycles. The fraction of sp³-hybridized carbons (Fsp3) is 0.400. The third kappa shape index (κ3) is 2.99. The van der Waals surface area contributed by atoms with Crippen molar-refractivity contribution < 1.29 is 5.11 Å². The maximum atomic E-state index is 9.62. The maximum absolute atomic E-state index is 9.62. The first kappa shape index (κ1) is 15.8. The first-order valence-electron chi connectivity index (χ1n) is 8.79. The molecule has 1 atom stereocenters. The Hall–Kier alpha value is -1.71. The van der Waals surface area contributed by atoms with Crippen LogP contribution in [0, 0.1) is 0 Å². The summed E-state index contributed by atoms with van der Waals surface area (Å²) in [4.78, 5) is 0. The van der Waals surface area contributed by atoms with Gasteiger partial charge in [0.25, 0.3) is 0 Å². The van der Waals surface area contributed by atoms with Gasteiger partial charge in [-0.05, 0) is 48.1 Å². The summed E-state index contributed by atoms with van der Waals surface area (Å²) in [6.45, 7) is 0.0681. The van der Waals surface area contributed by atoms with Crippen LogP contribution in [0.1, 0.15) is 48.4 Å². The molecule has 0 aromatic heterocycles. The molecule has 2 aromatic carbocycles. The molecule has 1 saturated carbocycles. The Kier molecular flexibility index (Phi) is 4.38. The van der Waals surface area contributed by atoms with Crippen LogP contribution in [0.5, 0.6) is 0 Å². The van der Waals surface area contributed by atoms with E-state index in [0.717, 1.165) is 22.7 Å². The number of aliphatic hydroxyl groups is 1. The zero-order chi connectivity index (χ0) is 16.5. The Morgan fingerprint density at radius 3 is 2.75 bits per heavy atom. The number of aliphatic hydroxyl groups excluding tert-OH is 1. The van der Waals surface area contributed by atoms with Crippen molar-refractivity contribution in [1.29, 1.82) is 0 Å². The first-order chi connectivity index (χ1) is 11.7. The second-order valence-electron chi connectivity index (χ2n) is 6.87. The molecule has 1 aliphatic heterocycles. The van der Waals surface area contributed by atoms with E-state index in [1.165, 1.54) is 42.5 Å². The van der Waals surface area contributed by atoms with Crippen LogP contribution in [0.15, 0.2) is 36.4 Å². The van der Waals surface area contributed by atoms with Gasteiger partial charge in [0.15, 0.2) is 0 Å². The van der Waals surface area contributed by atoms with E-state index in [-0.39, 0.29) is 12.6 Å². The van der Waals surface area contributed by atoms with Crippen molar-refractivity contribution in [3.05, 3.63) is 58.1 Å². The second-order valence-corrected chi connectivity index (χ2v) is 7.31. The number of fused-ring (bicyclic) bond motifs is 1. The van der Waals surface area contributed by atoms with E-state index in [0.29, 0.717) is 6.04 Å². The number of nitrogens with one attached hydrogen (secondary N) is 2. The van der Waals surface area contributed by atoms with Crippen molar-refractivity contribution >= 4 is 23.0 Å². The molecule has 0 saturated heterocycles. The minimum absolute atomic E-state index is 0.0681. The van der Waals surface area contributed by atoms with Crippen LogP contribution in [0.2, 0.25) is 5.02 Å². The van der Waals surface area contributed by atoms with Gasteiger partial charge in [-0.15, -0.1) is 0 Å². The van der Waals surface area contributed by atoms with Crippen LogP contribution in [-0.4, -0.2) is 11.1 Å². The lowest BCUT2D eigenvalue weighted by Crippen LogP contribution is -2.16. The molecule has 4 heteroatoms. The van der Waals surface area contributed by atoms with E-state index in [1.807, 2.05) is 24.3 Å². The molecule has 0 amide bonds. The summed E-state index contributed by atoms with van der Waals surface area (Å²) in [6.07, 6.45) is 5.98. The van der Waals surface area contributed by atoms with Crippen molar-refractivity contribution in [1.82, 2.24) is 0 Å². The van der Waals surface area contributed by atoms with Crippen LogP contribution < -0.4 is 10.6 Å². The largest absolute Gasteiger partial charge is 0.392 e. The summed E-state index contributed by atoms with van der Waals surface area (Å²) in [6, 6.07) is 12.9. The summed E-state index contributed by atoms with van der Waals surface area (Å²) in [5.74, 6) is 0. The normalized spacial score (nSPS) is 20.0. The SMILES string of the molecule is OCc1ccccc1C1Cc2cc(Cl)cc(NC3CCCC3)c2N1. The molecular weight excluding hydrogens is 320 g/mol. The standard InChI is InChI=1S/C20H23ClN2O/c21-15-9-14-10-18(17-8-4-1-5-13(17)12-24)23-20(14)19(11-15)22-16-6-2-3-7-16/h1,4-5,8-9,11,16,18,22-24H,2-3,6-7,10,12H2. The predicted molar refractivity (Wildman–Crippen MR) is 99.8 cm³/mol. The minimum Gasteiger partial charge on any atom is -0.392 e. The van der Waals surface area contributed by atoms with Crippen molar-refractivity contribution in [2.75, 3.05) is 10.6 Å². The second kappa shape index (κ2) is 6.66. The van der Waals surface area contributed by atoms with Crippen LogP contribution in [0.3, 0.4) is 0 Å². The third-order valence-electron chi connectivity index (χ3n) is 5.24. The molecular formula is C20H23ClN2O. The van der Waals surface area contributed by atoms with Crippen molar-refractivity contribution in [2.45, 2.75) is 50.8 Å². The Morgan fingerprint density at radius 2 is 1.96 bits per heavy atom. The van der Waals surface area contributed by atoms with E-state index in [1.54, 1.807) is 0 Å². The Balaban J connectivity index is 1.63. The number of hydrogen-bond donors (Lipinski definition) is 3. The Bertz CT molecular complexity index is 740. The number of benzene rings is 2. The van der Waals surface area contributed by atoms with Gasteiger partial charge >= 0.3 is 0 Å². The van der Waals surface area contributed by atoms with Gasteiger partial charge < -0.3 is 15.7 Å². The number of hydrogen-bond acceptors (Lipinski definition) is 3. The summed E-state index contributed by atoms with van der Waals surface area (Å²) in [5, 5.41) is 17.8. The van der Waals surface area contributed by atoms with Gasteiger partial charge in [-0.2, -0.15) is 0 Å². The molecule has 0 bridgehead atoms. The molecule has 1 heterocycles. The van der Waals surface area contributed by atoms with Gasteiger partial charge in [-0.3, -0.25) is 0 Å². The number of anilines is 2. The third-order valence-corrected chi connectivity index (χ3v) is 5.46. The molecule has 0 spiro atoms. The van der Waals surface area contributed by atoms with Crippen molar-refractivity contribution in [2.24, 2.45) is 0 Å². The monoisotopic (exact) mass is 342 g/mol. The molecule has 126 valence electrons. The molecule has 2 aliphatic rings. The molecule has 24 heavy (non-hydrogen) atoms. The average Bonchev–Trinajstić information content (AvgIpc) is 3.24.